The maximum atomic E-state index is 2.69. The molecule has 0 spiro atoms. The Morgan fingerprint density at radius 3 is 2.65 bits per heavy atom. The number of allylic oxidation sites excluding steroid dienone is 4. The zero-order valence-electron chi connectivity index (χ0n) is 13.5. The van der Waals surface area contributed by atoms with Gasteiger partial charge in [-0.1, -0.05) is 25.3 Å². The molecular formula is C19H29N. The topological polar surface area (TPSA) is 3.24 Å². The van der Waals surface area contributed by atoms with Gasteiger partial charge >= 0.3 is 0 Å². The zero-order valence-corrected chi connectivity index (χ0v) is 13.5. The fourth-order valence-electron chi connectivity index (χ4n) is 5.81. The van der Waals surface area contributed by atoms with Crippen molar-refractivity contribution in [1.29, 1.82) is 0 Å². The lowest BCUT2D eigenvalue weighted by atomic mass is 9.57. The fraction of sp³-hybridized carbons (Fsp3) is 0.789. The van der Waals surface area contributed by atoms with E-state index in [9.17, 15) is 0 Å². The van der Waals surface area contributed by atoms with Crippen molar-refractivity contribution in [3.8, 4) is 0 Å². The first-order chi connectivity index (χ1) is 9.56. The SMILES string of the molecule is CN1C2=CC3=C(CCCC3)CC2C2(C)CCCCC12C. The van der Waals surface area contributed by atoms with Gasteiger partial charge < -0.3 is 4.90 Å². The number of nitrogens with zero attached hydrogens (tertiary/aromatic N) is 1. The van der Waals surface area contributed by atoms with E-state index in [0.717, 1.165) is 5.92 Å². The highest BCUT2D eigenvalue weighted by Gasteiger charge is 2.60. The summed E-state index contributed by atoms with van der Waals surface area (Å²) in [6, 6.07) is 0. The number of hydrogen-bond donors (Lipinski definition) is 0. The Hall–Kier alpha value is -0.720. The summed E-state index contributed by atoms with van der Waals surface area (Å²) < 4.78 is 0. The molecule has 0 amide bonds. The predicted molar refractivity (Wildman–Crippen MR) is 84.4 cm³/mol. The van der Waals surface area contributed by atoms with E-state index in [4.69, 9.17) is 0 Å². The molecule has 1 nitrogen and oxygen atoms in total. The van der Waals surface area contributed by atoms with Crippen LogP contribution in [-0.4, -0.2) is 17.5 Å². The normalized spacial score (nSPS) is 43.9. The first-order valence-electron chi connectivity index (χ1n) is 8.73. The van der Waals surface area contributed by atoms with E-state index >= 15 is 0 Å². The number of likely N-dealkylation sites (tertiary alicyclic amines) is 1. The van der Waals surface area contributed by atoms with Crippen LogP contribution in [0.2, 0.25) is 0 Å². The third-order valence-electron chi connectivity index (χ3n) is 7.50. The summed E-state index contributed by atoms with van der Waals surface area (Å²) in [6.45, 7) is 5.15. The molecular weight excluding hydrogens is 242 g/mol. The molecule has 110 valence electrons. The van der Waals surface area contributed by atoms with E-state index in [-0.39, 0.29) is 0 Å². The molecule has 1 saturated carbocycles. The van der Waals surface area contributed by atoms with Crippen LogP contribution < -0.4 is 0 Å². The molecule has 4 rings (SSSR count). The van der Waals surface area contributed by atoms with Gasteiger partial charge in [0, 0.05) is 24.2 Å². The van der Waals surface area contributed by atoms with Gasteiger partial charge in [-0.25, -0.2) is 0 Å². The van der Waals surface area contributed by atoms with Gasteiger partial charge in [-0.15, -0.1) is 0 Å². The maximum Gasteiger partial charge on any atom is 0.0428 e. The molecule has 20 heavy (non-hydrogen) atoms. The summed E-state index contributed by atoms with van der Waals surface area (Å²) in [5.74, 6) is 0.801. The van der Waals surface area contributed by atoms with Crippen LogP contribution in [-0.2, 0) is 0 Å². The lowest BCUT2D eigenvalue weighted by molar-refractivity contribution is 0.0205. The van der Waals surface area contributed by atoms with Crippen molar-refractivity contribution in [2.45, 2.75) is 77.2 Å². The van der Waals surface area contributed by atoms with E-state index in [1.165, 1.54) is 57.8 Å². The molecule has 0 aromatic rings. The Morgan fingerprint density at radius 1 is 1.05 bits per heavy atom. The van der Waals surface area contributed by atoms with E-state index in [1.54, 1.807) is 11.3 Å². The molecule has 3 aliphatic carbocycles. The van der Waals surface area contributed by atoms with Crippen LogP contribution >= 0.6 is 0 Å². The smallest absolute Gasteiger partial charge is 0.0428 e. The van der Waals surface area contributed by atoms with Gasteiger partial charge in [0.1, 0.15) is 0 Å². The number of fused-ring (bicyclic) bond motifs is 3. The van der Waals surface area contributed by atoms with Crippen molar-refractivity contribution in [3.63, 3.8) is 0 Å². The van der Waals surface area contributed by atoms with Crippen LogP contribution in [0.15, 0.2) is 22.9 Å². The molecule has 1 aliphatic heterocycles. The monoisotopic (exact) mass is 271 g/mol. The standard InChI is InChI=1S/C19H29N/c1-18-10-6-7-11-19(18,2)20(3)17-13-15-9-5-4-8-14(15)12-16(17)18/h13,16H,4-12H2,1-3H3. The first kappa shape index (κ1) is 13.0. The molecule has 4 aliphatic rings. The third-order valence-corrected chi connectivity index (χ3v) is 7.50. The molecule has 0 aromatic heterocycles. The van der Waals surface area contributed by atoms with Crippen LogP contribution in [0.3, 0.4) is 0 Å². The Morgan fingerprint density at radius 2 is 1.80 bits per heavy atom. The minimum Gasteiger partial charge on any atom is -0.372 e. The van der Waals surface area contributed by atoms with Crippen LogP contribution in [0.4, 0.5) is 0 Å². The van der Waals surface area contributed by atoms with Gasteiger partial charge in [0.25, 0.3) is 0 Å². The molecule has 1 heteroatoms. The van der Waals surface area contributed by atoms with Crippen LogP contribution in [0.5, 0.6) is 0 Å². The van der Waals surface area contributed by atoms with E-state index < -0.39 is 0 Å². The Labute approximate surface area is 124 Å². The second-order valence-corrected chi connectivity index (χ2v) is 8.12. The minimum absolute atomic E-state index is 0.399. The maximum absolute atomic E-state index is 2.69. The summed E-state index contributed by atoms with van der Waals surface area (Å²) >= 11 is 0. The van der Waals surface area contributed by atoms with E-state index in [1.807, 2.05) is 5.57 Å². The molecule has 0 radical (unpaired) electrons. The van der Waals surface area contributed by atoms with Crippen molar-refractivity contribution in [2.24, 2.45) is 11.3 Å². The Balaban J connectivity index is 1.79. The van der Waals surface area contributed by atoms with Crippen LogP contribution in [0.1, 0.15) is 71.6 Å². The van der Waals surface area contributed by atoms with Crippen molar-refractivity contribution in [2.75, 3.05) is 7.05 Å². The third kappa shape index (κ3) is 1.45. The van der Waals surface area contributed by atoms with E-state index in [2.05, 4.69) is 31.9 Å². The van der Waals surface area contributed by atoms with E-state index in [0.29, 0.717) is 11.0 Å². The molecule has 0 N–H and O–H groups in total. The fourth-order valence-corrected chi connectivity index (χ4v) is 5.81. The Bertz CT molecular complexity index is 500. The molecule has 1 heterocycles. The molecule has 0 bridgehead atoms. The van der Waals surface area contributed by atoms with Gasteiger partial charge in [-0.2, -0.15) is 0 Å². The van der Waals surface area contributed by atoms with Crippen LogP contribution in [0, 0.1) is 11.3 Å². The molecule has 1 saturated heterocycles. The first-order valence-corrected chi connectivity index (χ1v) is 8.73. The summed E-state index contributed by atoms with van der Waals surface area (Å²) in [7, 11) is 2.38. The second kappa shape index (κ2) is 4.15. The lowest BCUT2D eigenvalue weighted by Crippen LogP contribution is -2.51. The molecule has 2 fully saturated rings. The van der Waals surface area contributed by atoms with Crippen molar-refractivity contribution >= 4 is 0 Å². The molecule has 3 unspecified atom stereocenters. The number of hydrogen-bond acceptors (Lipinski definition) is 1. The molecule has 0 aromatic carbocycles. The predicted octanol–water partition coefficient (Wildman–Crippen LogP) is 5.05. The highest BCUT2D eigenvalue weighted by atomic mass is 15.2. The van der Waals surface area contributed by atoms with Gasteiger partial charge in [-0.3, -0.25) is 0 Å². The van der Waals surface area contributed by atoms with Gasteiger partial charge in [-0.05, 0) is 68.9 Å². The van der Waals surface area contributed by atoms with Gasteiger partial charge in [0.05, 0.1) is 0 Å². The molecule has 3 atom stereocenters. The van der Waals surface area contributed by atoms with Crippen molar-refractivity contribution < 1.29 is 0 Å². The zero-order chi connectivity index (χ0) is 14.0. The average molecular weight is 271 g/mol. The minimum atomic E-state index is 0.399. The quantitative estimate of drug-likeness (QED) is 0.596. The highest BCUT2D eigenvalue weighted by molar-refractivity contribution is 5.41. The Kier molecular flexibility index (Phi) is 2.69. The van der Waals surface area contributed by atoms with Gasteiger partial charge in [0.15, 0.2) is 0 Å². The summed E-state index contributed by atoms with van der Waals surface area (Å²) in [5.41, 5.74) is 6.10. The van der Waals surface area contributed by atoms with Crippen molar-refractivity contribution in [1.82, 2.24) is 4.90 Å². The largest absolute Gasteiger partial charge is 0.372 e. The number of rotatable bonds is 0. The highest BCUT2D eigenvalue weighted by Crippen LogP contribution is 2.63. The van der Waals surface area contributed by atoms with Gasteiger partial charge in [0.2, 0.25) is 0 Å². The average Bonchev–Trinajstić information content (AvgIpc) is 2.64. The summed E-state index contributed by atoms with van der Waals surface area (Å²) in [5, 5.41) is 0. The lowest BCUT2D eigenvalue weighted by Gasteiger charge is -2.50. The van der Waals surface area contributed by atoms with Crippen LogP contribution in [0.25, 0.3) is 0 Å². The van der Waals surface area contributed by atoms with Crippen molar-refractivity contribution in [3.05, 3.63) is 22.9 Å². The summed E-state index contributed by atoms with van der Waals surface area (Å²) in [4.78, 5) is 2.69. The second-order valence-electron chi connectivity index (χ2n) is 8.12. The summed E-state index contributed by atoms with van der Waals surface area (Å²) in [6.07, 6.45) is 15.2.